The largest absolute Gasteiger partial charge is 0.354 e. The topological polar surface area (TPSA) is 75.9 Å². The summed E-state index contributed by atoms with van der Waals surface area (Å²) >= 11 is 1.53. The number of nitrogens with zero attached hydrogens (tertiary/aromatic N) is 5. The SMILES string of the molecule is CSc1nccc(N2CCCC(NC(=O)c3cncn3C)C2)n1. The zero-order valence-corrected chi connectivity index (χ0v) is 14.1. The first-order valence-corrected chi connectivity index (χ1v) is 8.79. The number of carbonyl (C=O) groups excluding carboxylic acids is 1. The Hall–Kier alpha value is -2.09. The van der Waals surface area contributed by atoms with Gasteiger partial charge in [-0.05, 0) is 25.2 Å². The highest BCUT2D eigenvalue weighted by atomic mass is 32.2. The van der Waals surface area contributed by atoms with Crippen LogP contribution in [0.4, 0.5) is 5.82 Å². The zero-order valence-electron chi connectivity index (χ0n) is 13.3. The van der Waals surface area contributed by atoms with Gasteiger partial charge < -0.3 is 14.8 Å². The lowest BCUT2D eigenvalue weighted by Crippen LogP contribution is -2.48. The van der Waals surface area contributed by atoms with Crippen LogP contribution in [0.15, 0.2) is 29.9 Å². The minimum Gasteiger partial charge on any atom is -0.354 e. The number of rotatable bonds is 4. The van der Waals surface area contributed by atoms with Gasteiger partial charge in [-0.2, -0.15) is 0 Å². The molecule has 1 unspecified atom stereocenters. The lowest BCUT2D eigenvalue weighted by molar-refractivity contribution is 0.0925. The van der Waals surface area contributed by atoms with Crippen LogP contribution >= 0.6 is 11.8 Å². The molecule has 0 aliphatic carbocycles. The molecule has 8 heteroatoms. The van der Waals surface area contributed by atoms with Gasteiger partial charge in [0, 0.05) is 32.4 Å². The molecule has 3 heterocycles. The normalized spacial score (nSPS) is 18.0. The van der Waals surface area contributed by atoms with E-state index in [-0.39, 0.29) is 11.9 Å². The van der Waals surface area contributed by atoms with Crippen molar-refractivity contribution in [3.63, 3.8) is 0 Å². The molecule has 1 aliphatic heterocycles. The number of piperidine rings is 1. The second-order valence-corrected chi connectivity index (χ2v) is 6.32. The highest BCUT2D eigenvalue weighted by molar-refractivity contribution is 7.98. The fraction of sp³-hybridized carbons (Fsp3) is 0.467. The van der Waals surface area contributed by atoms with Crippen molar-refractivity contribution >= 4 is 23.5 Å². The van der Waals surface area contributed by atoms with E-state index in [0.717, 1.165) is 36.9 Å². The van der Waals surface area contributed by atoms with Gasteiger partial charge in [0.25, 0.3) is 5.91 Å². The molecule has 2 aromatic rings. The van der Waals surface area contributed by atoms with Gasteiger partial charge in [-0.15, -0.1) is 0 Å². The van der Waals surface area contributed by atoms with Crippen molar-refractivity contribution in [1.82, 2.24) is 24.8 Å². The molecule has 0 aromatic carbocycles. The average Bonchev–Trinajstić information content (AvgIpc) is 3.01. The van der Waals surface area contributed by atoms with Crippen molar-refractivity contribution in [2.75, 3.05) is 24.2 Å². The first-order valence-electron chi connectivity index (χ1n) is 7.56. The van der Waals surface area contributed by atoms with Crippen LogP contribution in [-0.4, -0.2) is 50.8 Å². The van der Waals surface area contributed by atoms with Gasteiger partial charge in [0.15, 0.2) is 5.16 Å². The Kier molecular flexibility index (Phi) is 4.80. The van der Waals surface area contributed by atoms with E-state index < -0.39 is 0 Å². The average molecular weight is 332 g/mol. The summed E-state index contributed by atoms with van der Waals surface area (Å²) in [5.41, 5.74) is 0.578. The number of nitrogens with one attached hydrogen (secondary N) is 1. The van der Waals surface area contributed by atoms with E-state index in [9.17, 15) is 4.79 Å². The molecule has 23 heavy (non-hydrogen) atoms. The highest BCUT2D eigenvalue weighted by Gasteiger charge is 2.23. The molecule has 0 radical (unpaired) electrons. The number of hydrogen-bond donors (Lipinski definition) is 1. The standard InChI is InChI=1S/C15H20N6OS/c1-20-10-16-8-12(20)14(22)18-11-4-3-7-21(9-11)13-5-6-17-15(19-13)23-2/h5-6,8,10-11H,3-4,7,9H2,1-2H3,(H,18,22). The summed E-state index contributed by atoms with van der Waals surface area (Å²) in [5.74, 6) is 0.841. The Labute approximate surface area is 139 Å². The molecule has 0 bridgehead atoms. The molecule has 0 saturated carbocycles. The molecule has 1 saturated heterocycles. The molecule has 1 atom stereocenters. The molecule has 122 valence electrons. The quantitative estimate of drug-likeness (QED) is 0.672. The van der Waals surface area contributed by atoms with Crippen LogP contribution in [0.2, 0.25) is 0 Å². The Morgan fingerprint density at radius 1 is 1.48 bits per heavy atom. The maximum atomic E-state index is 12.3. The second kappa shape index (κ2) is 6.99. The molecule has 1 amide bonds. The Bertz CT molecular complexity index is 688. The molecule has 1 N–H and O–H groups in total. The van der Waals surface area contributed by atoms with E-state index in [0.29, 0.717) is 5.69 Å². The van der Waals surface area contributed by atoms with Crippen LogP contribution in [-0.2, 0) is 7.05 Å². The highest BCUT2D eigenvalue weighted by Crippen LogP contribution is 2.20. The minimum absolute atomic E-state index is 0.0793. The molecule has 2 aromatic heterocycles. The lowest BCUT2D eigenvalue weighted by atomic mass is 10.1. The fourth-order valence-corrected chi connectivity index (χ4v) is 3.10. The van der Waals surface area contributed by atoms with Crippen LogP contribution in [0.25, 0.3) is 0 Å². The van der Waals surface area contributed by atoms with Gasteiger partial charge in [-0.25, -0.2) is 15.0 Å². The Balaban J connectivity index is 1.66. The predicted octanol–water partition coefficient (Wildman–Crippen LogP) is 1.33. The van der Waals surface area contributed by atoms with Gasteiger partial charge in [0.1, 0.15) is 11.5 Å². The number of carbonyl (C=O) groups is 1. The summed E-state index contributed by atoms with van der Waals surface area (Å²) in [4.78, 5) is 27.3. The maximum absolute atomic E-state index is 12.3. The molecular weight excluding hydrogens is 312 g/mol. The van der Waals surface area contributed by atoms with Crippen molar-refractivity contribution in [2.24, 2.45) is 7.05 Å². The summed E-state index contributed by atoms with van der Waals surface area (Å²) in [6, 6.07) is 2.03. The van der Waals surface area contributed by atoms with Crippen LogP contribution < -0.4 is 10.2 Å². The molecule has 7 nitrogen and oxygen atoms in total. The first kappa shape index (κ1) is 15.8. The smallest absolute Gasteiger partial charge is 0.269 e. The number of hydrogen-bond acceptors (Lipinski definition) is 6. The van der Waals surface area contributed by atoms with Crippen LogP contribution in [0.5, 0.6) is 0 Å². The summed E-state index contributed by atoms with van der Waals surface area (Å²) in [6.07, 6.45) is 8.96. The minimum atomic E-state index is -0.0793. The van der Waals surface area contributed by atoms with Crippen molar-refractivity contribution in [1.29, 1.82) is 0 Å². The lowest BCUT2D eigenvalue weighted by Gasteiger charge is -2.34. The van der Waals surface area contributed by atoms with E-state index >= 15 is 0 Å². The Morgan fingerprint density at radius 3 is 3.09 bits per heavy atom. The van der Waals surface area contributed by atoms with E-state index in [1.807, 2.05) is 19.4 Å². The van der Waals surface area contributed by atoms with E-state index in [4.69, 9.17) is 0 Å². The summed E-state index contributed by atoms with van der Waals surface area (Å²) in [6.45, 7) is 1.71. The number of amides is 1. The third kappa shape index (κ3) is 3.64. The first-order chi connectivity index (χ1) is 11.2. The number of aryl methyl sites for hydroxylation is 1. The maximum Gasteiger partial charge on any atom is 0.269 e. The molecule has 3 rings (SSSR count). The van der Waals surface area contributed by atoms with Gasteiger partial charge in [0.05, 0.1) is 12.5 Å². The van der Waals surface area contributed by atoms with Crippen LogP contribution in [0, 0.1) is 0 Å². The predicted molar refractivity (Wildman–Crippen MR) is 89.7 cm³/mol. The number of anilines is 1. The molecule has 1 aliphatic rings. The van der Waals surface area contributed by atoms with Crippen molar-refractivity contribution < 1.29 is 4.79 Å². The molecular formula is C15H20N6OS. The van der Waals surface area contributed by atoms with Gasteiger partial charge in [0.2, 0.25) is 0 Å². The number of aromatic nitrogens is 4. The zero-order chi connectivity index (χ0) is 16.2. The monoisotopic (exact) mass is 332 g/mol. The Morgan fingerprint density at radius 2 is 2.35 bits per heavy atom. The molecule has 0 spiro atoms. The van der Waals surface area contributed by atoms with Crippen molar-refractivity contribution in [3.8, 4) is 0 Å². The number of imidazole rings is 1. The van der Waals surface area contributed by atoms with Crippen molar-refractivity contribution in [3.05, 3.63) is 30.5 Å². The van der Waals surface area contributed by atoms with E-state index in [1.165, 1.54) is 11.8 Å². The van der Waals surface area contributed by atoms with Gasteiger partial charge in [-0.1, -0.05) is 11.8 Å². The summed E-state index contributed by atoms with van der Waals surface area (Å²) in [7, 11) is 1.82. The summed E-state index contributed by atoms with van der Waals surface area (Å²) < 4.78 is 1.73. The van der Waals surface area contributed by atoms with Gasteiger partial charge >= 0.3 is 0 Å². The number of thioether (sulfide) groups is 1. The van der Waals surface area contributed by atoms with Gasteiger partial charge in [-0.3, -0.25) is 4.79 Å². The second-order valence-electron chi connectivity index (χ2n) is 5.55. The molecule has 1 fully saturated rings. The van der Waals surface area contributed by atoms with Crippen LogP contribution in [0.3, 0.4) is 0 Å². The third-order valence-electron chi connectivity index (χ3n) is 3.93. The third-order valence-corrected chi connectivity index (χ3v) is 4.49. The fourth-order valence-electron chi connectivity index (χ4n) is 2.74. The van der Waals surface area contributed by atoms with E-state index in [1.54, 1.807) is 23.3 Å². The van der Waals surface area contributed by atoms with E-state index in [2.05, 4.69) is 25.2 Å². The van der Waals surface area contributed by atoms with Crippen molar-refractivity contribution in [2.45, 2.75) is 24.0 Å². The summed E-state index contributed by atoms with van der Waals surface area (Å²) in [5, 5.41) is 3.87. The van der Waals surface area contributed by atoms with Crippen LogP contribution in [0.1, 0.15) is 23.3 Å².